The molecule has 1 saturated heterocycles. The smallest absolute Gasteiger partial charge is 0.269 e. The van der Waals surface area contributed by atoms with Crippen LogP contribution < -0.4 is 5.32 Å². The molecule has 0 radical (unpaired) electrons. The zero-order valence-electron chi connectivity index (χ0n) is 15.1. The molecule has 6 nitrogen and oxygen atoms in total. The van der Waals surface area contributed by atoms with E-state index in [9.17, 15) is 14.3 Å². The molecule has 27 heavy (non-hydrogen) atoms. The Hall–Kier alpha value is -2.29. The van der Waals surface area contributed by atoms with E-state index in [4.69, 9.17) is 0 Å². The highest BCUT2D eigenvalue weighted by atomic mass is 32.1. The number of carbonyl (C=O) groups is 1. The topological polar surface area (TPSA) is 69.9 Å². The number of imidazole rings is 1. The first-order valence-corrected chi connectivity index (χ1v) is 9.76. The maximum Gasteiger partial charge on any atom is 0.269 e. The van der Waals surface area contributed by atoms with E-state index in [1.165, 1.54) is 17.4 Å². The summed E-state index contributed by atoms with van der Waals surface area (Å²) in [6, 6.07) is 6.43. The Morgan fingerprint density at radius 3 is 2.85 bits per heavy atom. The van der Waals surface area contributed by atoms with E-state index in [1.807, 2.05) is 0 Å². The van der Waals surface area contributed by atoms with Gasteiger partial charge in [0.25, 0.3) is 5.91 Å². The lowest BCUT2D eigenvalue weighted by Gasteiger charge is -2.19. The van der Waals surface area contributed by atoms with E-state index in [2.05, 4.69) is 29.0 Å². The fourth-order valence-electron chi connectivity index (χ4n) is 3.37. The van der Waals surface area contributed by atoms with Crippen molar-refractivity contribution in [3.63, 3.8) is 0 Å². The van der Waals surface area contributed by atoms with E-state index >= 15 is 0 Å². The van der Waals surface area contributed by atoms with Gasteiger partial charge in [-0.25, -0.2) is 9.37 Å². The van der Waals surface area contributed by atoms with Gasteiger partial charge in [-0.2, -0.15) is 0 Å². The lowest BCUT2D eigenvalue weighted by molar-refractivity contribution is 0.0882. The number of thiazole rings is 1. The number of halogens is 1. The molecule has 8 heteroatoms. The van der Waals surface area contributed by atoms with Crippen LogP contribution in [-0.4, -0.2) is 56.6 Å². The average Bonchev–Trinajstić information content (AvgIpc) is 3.30. The Kier molecular flexibility index (Phi) is 4.71. The molecule has 3 heterocycles. The van der Waals surface area contributed by atoms with Crippen molar-refractivity contribution in [2.45, 2.75) is 32.0 Å². The van der Waals surface area contributed by atoms with Crippen molar-refractivity contribution in [2.24, 2.45) is 0 Å². The fraction of sp³-hybridized carbons (Fsp3) is 0.368. The van der Waals surface area contributed by atoms with Crippen LogP contribution in [0.3, 0.4) is 0 Å². The number of aromatic nitrogens is 2. The first-order chi connectivity index (χ1) is 12.9. The van der Waals surface area contributed by atoms with Crippen LogP contribution in [-0.2, 0) is 0 Å². The number of hydrogen-bond acceptors (Lipinski definition) is 5. The second-order valence-corrected chi connectivity index (χ2v) is 7.91. The Morgan fingerprint density at radius 1 is 1.37 bits per heavy atom. The van der Waals surface area contributed by atoms with Gasteiger partial charge >= 0.3 is 0 Å². The summed E-state index contributed by atoms with van der Waals surface area (Å²) in [5.41, 5.74) is 1.32. The minimum Gasteiger partial charge on any atom is -0.390 e. The number of rotatable bonds is 4. The van der Waals surface area contributed by atoms with Crippen molar-refractivity contribution in [1.29, 1.82) is 0 Å². The summed E-state index contributed by atoms with van der Waals surface area (Å²) in [4.78, 5) is 19.9. The summed E-state index contributed by atoms with van der Waals surface area (Å²) in [5.74, 6) is -0.620. The number of nitrogens with one attached hydrogen (secondary N) is 1. The minimum atomic E-state index is -0.595. The van der Waals surface area contributed by atoms with Crippen LogP contribution in [0.25, 0.3) is 16.2 Å². The molecule has 0 aliphatic carbocycles. The highest BCUT2D eigenvalue weighted by Gasteiger charge is 2.34. The largest absolute Gasteiger partial charge is 0.390 e. The van der Waals surface area contributed by atoms with Crippen LogP contribution in [0.2, 0.25) is 0 Å². The molecule has 4 rings (SSSR count). The third-order valence-electron chi connectivity index (χ3n) is 4.96. The number of hydrogen-bond donors (Lipinski definition) is 2. The summed E-state index contributed by atoms with van der Waals surface area (Å²) in [6.45, 7) is 5.29. The van der Waals surface area contributed by atoms with Crippen molar-refractivity contribution >= 4 is 22.2 Å². The molecule has 0 unspecified atom stereocenters. The number of aliphatic hydroxyl groups is 1. The van der Waals surface area contributed by atoms with Gasteiger partial charge in [-0.1, -0.05) is 12.1 Å². The summed E-state index contributed by atoms with van der Waals surface area (Å²) in [6.07, 6.45) is 1.08. The van der Waals surface area contributed by atoms with E-state index in [1.54, 1.807) is 34.2 Å². The molecule has 0 saturated carbocycles. The zero-order valence-corrected chi connectivity index (χ0v) is 15.9. The number of fused-ring (bicyclic) bond motifs is 1. The molecule has 1 amide bonds. The Bertz CT molecular complexity index is 983. The van der Waals surface area contributed by atoms with E-state index < -0.39 is 6.10 Å². The van der Waals surface area contributed by atoms with Crippen molar-refractivity contribution in [3.8, 4) is 11.3 Å². The van der Waals surface area contributed by atoms with Crippen LogP contribution in [0.1, 0.15) is 24.3 Å². The predicted octanol–water partition coefficient (Wildman–Crippen LogP) is 2.39. The van der Waals surface area contributed by atoms with Gasteiger partial charge in [0.2, 0.25) is 0 Å². The molecular formula is C19H21FN4O2S. The average molecular weight is 388 g/mol. The highest BCUT2D eigenvalue weighted by molar-refractivity contribution is 7.15. The molecule has 1 aliphatic heterocycles. The highest BCUT2D eigenvalue weighted by Crippen LogP contribution is 2.26. The van der Waals surface area contributed by atoms with Gasteiger partial charge in [-0.15, -0.1) is 11.3 Å². The number of carbonyl (C=O) groups excluding carboxylic acids is 1. The number of aliphatic hydroxyl groups excluding tert-OH is 1. The second-order valence-electron chi connectivity index (χ2n) is 7.07. The van der Waals surface area contributed by atoms with Crippen LogP contribution in [0.4, 0.5) is 4.39 Å². The van der Waals surface area contributed by atoms with Gasteiger partial charge in [0.05, 0.1) is 17.8 Å². The fourth-order valence-corrected chi connectivity index (χ4v) is 4.22. The lowest BCUT2D eigenvalue weighted by Crippen LogP contribution is -2.43. The van der Waals surface area contributed by atoms with Gasteiger partial charge in [-0.05, 0) is 26.0 Å². The van der Waals surface area contributed by atoms with Gasteiger partial charge in [0.15, 0.2) is 4.96 Å². The SMILES string of the molecule is CC(C)N1C[C@@H](O)[C@H](NC(=O)c2csc3nc(-c4ccccc4F)cn23)C1. The van der Waals surface area contributed by atoms with Crippen LogP contribution in [0.15, 0.2) is 35.8 Å². The van der Waals surface area contributed by atoms with Crippen molar-refractivity contribution < 1.29 is 14.3 Å². The van der Waals surface area contributed by atoms with Gasteiger partial charge in [0.1, 0.15) is 11.5 Å². The number of β-amino-alcohol motifs (C(OH)–C–C–N with tert-alkyl or cyclic N) is 1. The Balaban J connectivity index is 1.57. The summed E-state index contributed by atoms with van der Waals surface area (Å²) >= 11 is 1.32. The normalized spacial score (nSPS) is 20.6. The summed E-state index contributed by atoms with van der Waals surface area (Å²) in [5, 5.41) is 14.9. The van der Waals surface area contributed by atoms with E-state index in [0.29, 0.717) is 41.0 Å². The molecule has 3 aromatic rings. The molecule has 1 aromatic carbocycles. The van der Waals surface area contributed by atoms with Gasteiger partial charge in [-0.3, -0.25) is 14.1 Å². The first kappa shape index (κ1) is 18.1. The molecule has 1 aliphatic rings. The molecule has 142 valence electrons. The Labute approximate surface area is 160 Å². The molecule has 2 N–H and O–H groups in total. The third kappa shape index (κ3) is 3.36. The number of benzene rings is 1. The minimum absolute atomic E-state index is 0.270. The van der Waals surface area contributed by atoms with E-state index in [-0.39, 0.29) is 17.8 Å². The molecule has 0 bridgehead atoms. The third-order valence-corrected chi connectivity index (χ3v) is 5.80. The second kappa shape index (κ2) is 7.03. The first-order valence-electron chi connectivity index (χ1n) is 8.88. The van der Waals surface area contributed by atoms with Crippen molar-refractivity contribution in [2.75, 3.05) is 13.1 Å². The zero-order chi connectivity index (χ0) is 19.1. The predicted molar refractivity (Wildman–Crippen MR) is 102 cm³/mol. The van der Waals surface area contributed by atoms with Crippen molar-refractivity contribution in [3.05, 3.63) is 47.4 Å². The molecule has 1 fully saturated rings. The monoisotopic (exact) mass is 388 g/mol. The summed E-state index contributed by atoms with van der Waals surface area (Å²) in [7, 11) is 0. The van der Waals surface area contributed by atoms with E-state index in [0.717, 1.165) is 0 Å². The Morgan fingerprint density at radius 2 is 2.15 bits per heavy atom. The molecule has 2 atom stereocenters. The quantitative estimate of drug-likeness (QED) is 0.720. The maximum absolute atomic E-state index is 14.0. The number of amides is 1. The lowest BCUT2D eigenvalue weighted by atomic mass is 10.1. The number of nitrogens with zero attached hydrogens (tertiary/aromatic N) is 3. The molecule has 2 aromatic heterocycles. The number of likely N-dealkylation sites (tertiary alicyclic amines) is 1. The van der Waals surface area contributed by atoms with Gasteiger partial charge in [0, 0.05) is 36.3 Å². The molecule has 0 spiro atoms. The van der Waals surface area contributed by atoms with Crippen LogP contribution in [0, 0.1) is 5.82 Å². The van der Waals surface area contributed by atoms with Crippen LogP contribution >= 0.6 is 11.3 Å². The maximum atomic E-state index is 14.0. The van der Waals surface area contributed by atoms with Crippen molar-refractivity contribution in [1.82, 2.24) is 19.6 Å². The van der Waals surface area contributed by atoms with Gasteiger partial charge < -0.3 is 10.4 Å². The summed E-state index contributed by atoms with van der Waals surface area (Å²) < 4.78 is 15.7. The van der Waals surface area contributed by atoms with Crippen LogP contribution in [0.5, 0.6) is 0 Å². The molecular weight excluding hydrogens is 367 g/mol. The standard InChI is InChI=1S/C19H21FN4O2S/c1-11(2)23-7-15(17(25)9-23)21-18(26)16-10-27-19-22-14(8-24(16)19)12-5-3-4-6-13(12)20/h3-6,8,10-11,15,17,25H,7,9H2,1-2H3,(H,21,26)/t15-,17-/m1/s1.